The van der Waals surface area contributed by atoms with Gasteiger partial charge in [0.15, 0.2) is 0 Å². The van der Waals surface area contributed by atoms with Crippen molar-refractivity contribution < 1.29 is 32.6 Å². The van der Waals surface area contributed by atoms with E-state index >= 15 is 0 Å². The number of halogens is 3. The molecule has 0 aromatic heterocycles. The van der Waals surface area contributed by atoms with Gasteiger partial charge in [0.1, 0.15) is 5.75 Å². The fraction of sp³-hybridized carbons (Fsp3) is 0.462. The van der Waals surface area contributed by atoms with Gasteiger partial charge in [-0.2, -0.15) is 13.2 Å². The van der Waals surface area contributed by atoms with E-state index in [9.17, 15) is 27.9 Å². The molecule has 1 heterocycles. The average Bonchev–Trinajstić information content (AvgIpc) is 2.85. The van der Waals surface area contributed by atoms with Crippen LogP contribution in [0.25, 0.3) is 0 Å². The van der Waals surface area contributed by atoms with Crippen LogP contribution in [0.3, 0.4) is 0 Å². The van der Waals surface area contributed by atoms with Gasteiger partial charge in [-0.25, -0.2) is 0 Å². The minimum Gasteiger partial charge on any atom is -0.496 e. The van der Waals surface area contributed by atoms with Gasteiger partial charge in [0, 0.05) is 30.3 Å². The molecule has 0 radical (unpaired) electrons. The standard InChI is InChI=1S/C26H30F3N3O4/c1-36-22-8-3-2-7-21(22)25(35)11-9-20(10-12-25)32-15-19(16-32)31-23(33)14-30-24(34)17-5-4-6-18(13-17)26(27,28)29/h2-8,13,19-20,35H,9-12,14-16H2,1H3,(H,30,34)(H,31,33)/t20-,25-. The monoisotopic (exact) mass is 505 g/mol. The van der Waals surface area contributed by atoms with Gasteiger partial charge in [-0.05, 0) is 49.9 Å². The van der Waals surface area contributed by atoms with Crippen molar-refractivity contribution in [1.82, 2.24) is 15.5 Å². The third-order valence-corrected chi connectivity index (χ3v) is 7.04. The lowest BCUT2D eigenvalue weighted by Crippen LogP contribution is -2.63. The van der Waals surface area contributed by atoms with Crippen LogP contribution in [0.1, 0.15) is 47.2 Å². The maximum atomic E-state index is 12.8. The highest BCUT2D eigenvalue weighted by molar-refractivity contribution is 5.96. The second kappa shape index (κ2) is 10.5. The number of alkyl halides is 3. The van der Waals surface area contributed by atoms with Crippen molar-refractivity contribution in [2.45, 2.75) is 49.5 Å². The van der Waals surface area contributed by atoms with E-state index in [1.54, 1.807) is 7.11 Å². The number of rotatable bonds is 7. The van der Waals surface area contributed by atoms with Gasteiger partial charge in [-0.1, -0.05) is 24.3 Å². The highest BCUT2D eigenvalue weighted by Crippen LogP contribution is 2.42. The number of benzene rings is 2. The number of para-hydroxylation sites is 1. The smallest absolute Gasteiger partial charge is 0.416 e. The highest BCUT2D eigenvalue weighted by Gasteiger charge is 2.41. The predicted molar refractivity (Wildman–Crippen MR) is 126 cm³/mol. The molecule has 1 saturated heterocycles. The Kier molecular flexibility index (Phi) is 7.56. The van der Waals surface area contributed by atoms with Crippen molar-refractivity contribution in [3.8, 4) is 5.75 Å². The SMILES string of the molecule is COc1ccccc1[C@]1(O)CC[C@H](N2CC(NC(=O)CNC(=O)c3cccc(C(F)(F)F)c3)C2)CC1. The van der Waals surface area contributed by atoms with Gasteiger partial charge in [0.25, 0.3) is 5.91 Å². The Morgan fingerprint density at radius 1 is 1.11 bits per heavy atom. The second-order valence-electron chi connectivity index (χ2n) is 9.44. The molecule has 10 heteroatoms. The van der Waals surface area contributed by atoms with E-state index in [1.807, 2.05) is 24.3 Å². The lowest BCUT2D eigenvalue weighted by atomic mass is 9.76. The number of amides is 2. The third kappa shape index (κ3) is 5.82. The van der Waals surface area contributed by atoms with Gasteiger partial charge in [0.2, 0.25) is 5.91 Å². The summed E-state index contributed by atoms with van der Waals surface area (Å²) in [4.78, 5) is 26.7. The number of hydrogen-bond donors (Lipinski definition) is 3. The molecule has 2 amide bonds. The summed E-state index contributed by atoms with van der Waals surface area (Å²) in [6.07, 6.45) is -1.67. The van der Waals surface area contributed by atoms with E-state index in [0.29, 0.717) is 37.7 Å². The van der Waals surface area contributed by atoms with Crippen molar-refractivity contribution in [2.75, 3.05) is 26.7 Å². The number of nitrogens with zero attached hydrogens (tertiary/aromatic N) is 1. The first-order chi connectivity index (χ1) is 17.1. The molecule has 1 aliphatic heterocycles. The minimum absolute atomic E-state index is 0.0574. The van der Waals surface area contributed by atoms with Crippen molar-refractivity contribution >= 4 is 11.8 Å². The summed E-state index contributed by atoms with van der Waals surface area (Å²) < 4.78 is 43.9. The summed E-state index contributed by atoms with van der Waals surface area (Å²) >= 11 is 0. The molecule has 1 saturated carbocycles. The number of aliphatic hydroxyl groups is 1. The Balaban J connectivity index is 1.19. The van der Waals surface area contributed by atoms with E-state index in [1.165, 1.54) is 6.07 Å². The summed E-state index contributed by atoms with van der Waals surface area (Å²) in [6.45, 7) is 1.02. The van der Waals surface area contributed by atoms with Crippen LogP contribution in [-0.4, -0.2) is 60.6 Å². The van der Waals surface area contributed by atoms with Crippen LogP contribution in [-0.2, 0) is 16.6 Å². The van der Waals surface area contributed by atoms with E-state index in [2.05, 4.69) is 15.5 Å². The van der Waals surface area contributed by atoms with Crippen molar-refractivity contribution in [3.05, 3.63) is 65.2 Å². The van der Waals surface area contributed by atoms with Crippen LogP contribution in [0.4, 0.5) is 13.2 Å². The molecule has 36 heavy (non-hydrogen) atoms. The average molecular weight is 506 g/mol. The molecule has 3 N–H and O–H groups in total. The molecule has 2 aromatic rings. The van der Waals surface area contributed by atoms with E-state index in [4.69, 9.17) is 4.74 Å². The number of methoxy groups -OCH3 is 1. The van der Waals surface area contributed by atoms with E-state index in [0.717, 1.165) is 36.6 Å². The number of nitrogens with one attached hydrogen (secondary N) is 2. The fourth-order valence-corrected chi connectivity index (χ4v) is 5.02. The van der Waals surface area contributed by atoms with Crippen molar-refractivity contribution in [1.29, 1.82) is 0 Å². The zero-order valence-electron chi connectivity index (χ0n) is 20.0. The first kappa shape index (κ1) is 26.0. The Labute approximate surface area is 207 Å². The minimum atomic E-state index is -4.55. The zero-order valence-corrected chi connectivity index (χ0v) is 20.0. The van der Waals surface area contributed by atoms with Gasteiger partial charge in [-0.15, -0.1) is 0 Å². The third-order valence-electron chi connectivity index (χ3n) is 7.04. The Morgan fingerprint density at radius 2 is 1.81 bits per heavy atom. The number of ether oxygens (including phenoxy) is 1. The Bertz CT molecular complexity index is 1090. The quantitative estimate of drug-likeness (QED) is 0.538. The maximum absolute atomic E-state index is 12.8. The summed E-state index contributed by atoms with van der Waals surface area (Å²) in [6, 6.07) is 11.9. The summed E-state index contributed by atoms with van der Waals surface area (Å²) in [5.41, 5.74) is -1.18. The molecule has 4 rings (SSSR count). The van der Waals surface area contributed by atoms with Gasteiger partial charge >= 0.3 is 6.18 Å². The van der Waals surface area contributed by atoms with Gasteiger partial charge in [0.05, 0.1) is 30.9 Å². The van der Waals surface area contributed by atoms with Crippen LogP contribution < -0.4 is 15.4 Å². The zero-order chi connectivity index (χ0) is 25.9. The number of likely N-dealkylation sites (tertiary alicyclic amines) is 1. The van der Waals surface area contributed by atoms with Crippen LogP contribution in [0.5, 0.6) is 5.75 Å². The van der Waals surface area contributed by atoms with Gasteiger partial charge < -0.3 is 20.5 Å². The number of carbonyl (C=O) groups is 2. The predicted octanol–water partition coefficient (Wildman–Crippen LogP) is 3.07. The van der Waals surface area contributed by atoms with Crippen LogP contribution in [0, 0.1) is 0 Å². The molecule has 194 valence electrons. The summed E-state index contributed by atoms with van der Waals surface area (Å²) in [7, 11) is 1.60. The fourth-order valence-electron chi connectivity index (χ4n) is 5.02. The highest BCUT2D eigenvalue weighted by atomic mass is 19.4. The molecule has 1 aliphatic carbocycles. The maximum Gasteiger partial charge on any atom is 0.416 e. The van der Waals surface area contributed by atoms with E-state index < -0.39 is 29.2 Å². The molecule has 0 unspecified atom stereocenters. The Hall–Kier alpha value is -3.11. The topological polar surface area (TPSA) is 90.9 Å². The first-order valence-corrected chi connectivity index (χ1v) is 11.9. The van der Waals surface area contributed by atoms with Crippen LogP contribution >= 0.6 is 0 Å². The molecular formula is C26H30F3N3O4. The molecule has 2 aliphatic rings. The van der Waals surface area contributed by atoms with Crippen molar-refractivity contribution in [3.63, 3.8) is 0 Å². The second-order valence-corrected chi connectivity index (χ2v) is 9.44. The summed E-state index contributed by atoms with van der Waals surface area (Å²) in [5, 5.41) is 16.4. The first-order valence-electron chi connectivity index (χ1n) is 11.9. The Morgan fingerprint density at radius 3 is 2.47 bits per heavy atom. The van der Waals surface area contributed by atoms with Gasteiger partial charge in [-0.3, -0.25) is 14.5 Å². The van der Waals surface area contributed by atoms with Crippen LogP contribution in [0.15, 0.2) is 48.5 Å². The lowest BCUT2D eigenvalue weighted by Gasteiger charge is -2.48. The van der Waals surface area contributed by atoms with Crippen LogP contribution in [0.2, 0.25) is 0 Å². The summed E-state index contributed by atoms with van der Waals surface area (Å²) in [5.74, 6) is -0.448. The molecule has 0 spiro atoms. The molecule has 2 fully saturated rings. The molecule has 2 aromatic carbocycles. The number of carbonyl (C=O) groups excluding carboxylic acids is 2. The lowest BCUT2D eigenvalue weighted by molar-refractivity contribution is -0.137. The molecular weight excluding hydrogens is 475 g/mol. The molecule has 0 atom stereocenters. The van der Waals surface area contributed by atoms with E-state index in [-0.39, 0.29) is 18.2 Å². The molecule has 0 bridgehead atoms. The normalized spacial score (nSPS) is 23.0. The molecule has 7 nitrogen and oxygen atoms in total. The van der Waals surface area contributed by atoms with Crippen molar-refractivity contribution in [2.24, 2.45) is 0 Å². The largest absolute Gasteiger partial charge is 0.496 e. The number of hydrogen-bond acceptors (Lipinski definition) is 5.